The van der Waals surface area contributed by atoms with E-state index in [2.05, 4.69) is 37.2 Å². The van der Waals surface area contributed by atoms with Crippen molar-refractivity contribution in [3.63, 3.8) is 0 Å². The van der Waals surface area contributed by atoms with E-state index < -0.39 is 0 Å². The van der Waals surface area contributed by atoms with Crippen LogP contribution in [-0.4, -0.2) is 71.8 Å². The zero-order valence-electron chi connectivity index (χ0n) is 15.8. The summed E-state index contributed by atoms with van der Waals surface area (Å²) in [5.74, 6) is 1.72. The molecule has 2 saturated heterocycles. The molecule has 0 saturated carbocycles. The van der Waals surface area contributed by atoms with Gasteiger partial charge in [-0.1, -0.05) is 6.07 Å². The van der Waals surface area contributed by atoms with Gasteiger partial charge in [0.05, 0.1) is 13.2 Å². The number of anilines is 2. The van der Waals surface area contributed by atoms with E-state index in [1.807, 2.05) is 24.5 Å². The highest BCUT2D eigenvalue weighted by Gasteiger charge is 2.21. The van der Waals surface area contributed by atoms with Gasteiger partial charge in [-0.3, -0.25) is 4.98 Å². The Bertz CT molecular complexity index is 707. The summed E-state index contributed by atoms with van der Waals surface area (Å²) in [5.41, 5.74) is 1.17. The van der Waals surface area contributed by atoms with Crippen LogP contribution in [0.15, 0.2) is 36.7 Å². The van der Waals surface area contributed by atoms with E-state index in [4.69, 9.17) is 9.72 Å². The number of aromatic nitrogens is 3. The zero-order chi connectivity index (χ0) is 18.3. The van der Waals surface area contributed by atoms with Crippen molar-refractivity contribution in [1.82, 2.24) is 19.9 Å². The smallest absolute Gasteiger partial charge is 0.227 e. The number of hydrogen-bond donors (Lipinski definition) is 1. The molecule has 7 nitrogen and oxygen atoms in total. The van der Waals surface area contributed by atoms with Crippen LogP contribution in [0.4, 0.5) is 11.8 Å². The van der Waals surface area contributed by atoms with Crippen molar-refractivity contribution in [2.24, 2.45) is 0 Å². The Balaban J connectivity index is 1.31. The lowest BCUT2D eigenvalue weighted by atomic mass is 10.1. The van der Waals surface area contributed by atoms with Crippen LogP contribution in [0.5, 0.6) is 0 Å². The van der Waals surface area contributed by atoms with Gasteiger partial charge in [0, 0.05) is 56.7 Å². The highest BCUT2D eigenvalue weighted by molar-refractivity contribution is 5.42. The van der Waals surface area contributed by atoms with Gasteiger partial charge in [0.2, 0.25) is 5.95 Å². The van der Waals surface area contributed by atoms with Gasteiger partial charge in [0.25, 0.3) is 0 Å². The maximum Gasteiger partial charge on any atom is 0.227 e. The molecule has 2 aliphatic heterocycles. The van der Waals surface area contributed by atoms with E-state index in [1.165, 1.54) is 18.5 Å². The summed E-state index contributed by atoms with van der Waals surface area (Å²) >= 11 is 0. The third-order valence-corrected chi connectivity index (χ3v) is 5.20. The molecule has 1 unspecified atom stereocenters. The molecule has 0 aliphatic carbocycles. The fraction of sp³-hybridized carbons (Fsp3) is 0.550. The van der Waals surface area contributed by atoms with Crippen LogP contribution in [0.3, 0.4) is 0 Å². The molecular formula is C20H28N6O. The standard InChI is InChI=1S/C20H28N6O/c1-2-8-21-17(4-1)7-11-25-10-3-5-18(16-25)23-19-6-9-22-20(24-19)26-12-14-27-15-13-26/h1-2,4,6,8-9,18H,3,5,7,10-16H2,(H,22,23,24). The van der Waals surface area contributed by atoms with Crippen LogP contribution in [0.1, 0.15) is 18.5 Å². The molecule has 2 aliphatic rings. The summed E-state index contributed by atoms with van der Waals surface area (Å²) in [6.07, 6.45) is 7.11. The largest absolute Gasteiger partial charge is 0.378 e. The van der Waals surface area contributed by atoms with Crippen molar-refractivity contribution in [3.05, 3.63) is 42.4 Å². The summed E-state index contributed by atoms with van der Waals surface area (Å²) in [4.78, 5) is 18.3. The minimum atomic E-state index is 0.426. The van der Waals surface area contributed by atoms with Crippen LogP contribution in [-0.2, 0) is 11.2 Å². The number of morpholine rings is 1. The first kappa shape index (κ1) is 18.1. The molecule has 0 aromatic carbocycles. The monoisotopic (exact) mass is 368 g/mol. The number of hydrogen-bond acceptors (Lipinski definition) is 7. The average molecular weight is 368 g/mol. The first-order valence-corrected chi connectivity index (χ1v) is 9.91. The van der Waals surface area contributed by atoms with Gasteiger partial charge in [-0.15, -0.1) is 0 Å². The second-order valence-electron chi connectivity index (χ2n) is 7.20. The Morgan fingerprint density at radius 2 is 2.00 bits per heavy atom. The first-order valence-electron chi connectivity index (χ1n) is 9.91. The fourth-order valence-electron chi connectivity index (χ4n) is 3.75. The van der Waals surface area contributed by atoms with Crippen molar-refractivity contribution in [2.45, 2.75) is 25.3 Å². The summed E-state index contributed by atoms with van der Waals surface area (Å²) in [7, 11) is 0. The lowest BCUT2D eigenvalue weighted by Crippen LogP contribution is -2.43. The second-order valence-corrected chi connectivity index (χ2v) is 7.20. The van der Waals surface area contributed by atoms with Crippen molar-refractivity contribution in [1.29, 1.82) is 0 Å². The van der Waals surface area contributed by atoms with Gasteiger partial charge in [-0.25, -0.2) is 4.98 Å². The number of pyridine rings is 1. The van der Waals surface area contributed by atoms with Gasteiger partial charge in [0.1, 0.15) is 5.82 Å². The zero-order valence-corrected chi connectivity index (χ0v) is 15.8. The normalized spacial score (nSPS) is 21.2. The van der Waals surface area contributed by atoms with E-state index >= 15 is 0 Å². The van der Waals surface area contributed by atoms with E-state index in [0.29, 0.717) is 6.04 Å². The quantitative estimate of drug-likeness (QED) is 0.834. The van der Waals surface area contributed by atoms with Gasteiger partial charge in [0.15, 0.2) is 0 Å². The number of piperidine rings is 1. The predicted octanol–water partition coefficient (Wildman–Crippen LogP) is 1.83. The molecule has 0 spiro atoms. The topological polar surface area (TPSA) is 66.4 Å². The molecular weight excluding hydrogens is 340 g/mol. The molecule has 2 fully saturated rings. The third kappa shape index (κ3) is 5.14. The first-order chi connectivity index (χ1) is 13.4. The number of nitrogens with one attached hydrogen (secondary N) is 1. The van der Waals surface area contributed by atoms with E-state index in [0.717, 1.165) is 64.1 Å². The third-order valence-electron chi connectivity index (χ3n) is 5.20. The highest BCUT2D eigenvalue weighted by atomic mass is 16.5. The molecule has 4 heterocycles. The molecule has 2 aromatic heterocycles. The Morgan fingerprint density at radius 3 is 2.85 bits per heavy atom. The SMILES string of the molecule is c1ccc(CCN2CCCC(Nc3ccnc(N4CCOCC4)n3)C2)nc1. The Hall–Kier alpha value is -2.25. The maximum absolute atomic E-state index is 5.42. The van der Waals surface area contributed by atoms with Gasteiger partial charge < -0.3 is 19.9 Å². The molecule has 4 rings (SSSR count). The molecule has 0 radical (unpaired) electrons. The molecule has 7 heteroatoms. The maximum atomic E-state index is 5.42. The van der Waals surface area contributed by atoms with Crippen molar-refractivity contribution < 1.29 is 4.74 Å². The highest BCUT2D eigenvalue weighted by Crippen LogP contribution is 2.17. The van der Waals surface area contributed by atoms with Crippen LogP contribution < -0.4 is 10.2 Å². The number of ether oxygens (including phenoxy) is 1. The fourth-order valence-corrected chi connectivity index (χ4v) is 3.75. The van der Waals surface area contributed by atoms with Crippen LogP contribution >= 0.6 is 0 Å². The average Bonchev–Trinajstić information content (AvgIpc) is 2.74. The molecule has 0 bridgehead atoms. The minimum absolute atomic E-state index is 0.426. The summed E-state index contributed by atoms with van der Waals surface area (Å²) in [5, 5.41) is 3.62. The summed E-state index contributed by atoms with van der Waals surface area (Å²) in [6.45, 7) is 6.46. The number of nitrogens with zero attached hydrogens (tertiary/aromatic N) is 5. The second kappa shape index (κ2) is 9.10. The molecule has 144 valence electrons. The van der Waals surface area contributed by atoms with E-state index in [-0.39, 0.29) is 0 Å². The van der Waals surface area contributed by atoms with Gasteiger partial charge in [-0.05, 0) is 37.6 Å². The number of likely N-dealkylation sites (tertiary alicyclic amines) is 1. The Morgan fingerprint density at radius 1 is 1.07 bits per heavy atom. The molecule has 0 amide bonds. The molecule has 1 atom stereocenters. The van der Waals surface area contributed by atoms with Crippen LogP contribution in [0.25, 0.3) is 0 Å². The summed E-state index contributed by atoms with van der Waals surface area (Å²) in [6, 6.07) is 8.53. The molecule has 27 heavy (non-hydrogen) atoms. The Labute approximate surface area is 160 Å². The van der Waals surface area contributed by atoms with Crippen LogP contribution in [0, 0.1) is 0 Å². The van der Waals surface area contributed by atoms with Crippen molar-refractivity contribution >= 4 is 11.8 Å². The minimum Gasteiger partial charge on any atom is -0.378 e. The van der Waals surface area contributed by atoms with Crippen LogP contribution in [0.2, 0.25) is 0 Å². The predicted molar refractivity (Wildman–Crippen MR) is 106 cm³/mol. The summed E-state index contributed by atoms with van der Waals surface area (Å²) < 4.78 is 5.42. The molecule has 2 aromatic rings. The lowest BCUT2D eigenvalue weighted by molar-refractivity contribution is 0.122. The van der Waals surface area contributed by atoms with E-state index in [1.54, 1.807) is 0 Å². The Kier molecular flexibility index (Phi) is 6.11. The van der Waals surface area contributed by atoms with Crippen molar-refractivity contribution in [2.75, 3.05) is 56.2 Å². The van der Waals surface area contributed by atoms with E-state index in [9.17, 15) is 0 Å². The van der Waals surface area contributed by atoms with Crippen molar-refractivity contribution in [3.8, 4) is 0 Å². The lowest BCUT2D eigenvalue weighted by Gasteiger charge is -2.33. The van der Waals surface area contributed by atoms with Gasteiger partial charge in [-0.2, -0.15) is 4.98 Å². The molecule has 1 N–H and O–H groups in total. The van der Waals surface area contributed by atoms with Gasteiger partial charge >= 0.3 is 0 Å². The number of rotatable bonds is 6.